The molecule has 1 amide bonds. The molecular formula is C15H25NO2. The molecule has 0 aliphatic heterocycles. The number of alkyl carbamates (subject to hydrolysis) is 1. The zero-order chi connectivity index (χ0) is 12.8. The SMILES string of the molecule is CC[C@H](NC(=O)OC)C12CC3CC(CC(C3)C1)C2. The molecule has 0 spiro atoms. The monoisotopic (exact) mass is 251 g/mol. The summed E-state index contributed by atoms with van der Waals surface area (Å²) in [7, 11) is 1.46. The number of ether oxygens (including phenoxy) is 1. The minimum atomic E-state index is -0.252. The first kappa shape index (κ1) is 12.3. The first-order valence-corrected chi connectivity index (χ1v) is 7.49. The molecule has 4 rings (SSSR count). The van der Waals surface area contributed by atoms with Crippen LogP contribution in [-0.4, -0.2) is 19.2 Å². The van der Waals surface area contributed by atoms with Crippen LogP contribution in [-0.2, 0) is 4.74 Å². The summed E-state index contributed by atoms with van der Waals surface area (Å²) in [5.41, 5.74) is 0.387. The van der Waals surface area contributed by atoms with Crippen molar-refractivity contribution in [2.75, 3.05) is 7.11 Å². The highest BCUT2D eigenvalue weighted by Crippen LogP contribution is 2.61. The van der Waals surface area contributed by atoms with E-state index in [1.165, 1.54) is 45.6 Å². The van der Waals surface area contributed by atoms with Crippen molar-refractivity contribution < 1.29 is 9.53 Å². The molecule has 4 aliphatic rings. The molecule has 0 saturated heterocycles. The average molecular weight is 251 g/mol. The number of hydrogen-bond acceptors (Lipinski definition) is 2. The molecule has 1 atom stereocenters. The predicted octanol–water partition coefficient (Wildman–Crippen LogP) is 3.34. The largest absolute Gasteiger partial charge is 0.453 e. The van der Waals surface area contributed by atoms with Gasteiger partial charge in [0.2, 0.25) is 0 Å². The smallest absolute Gasteiger partial charge is 0.407 e. The Balaban J connectivity index is 1.78. The third kappa shape index (κ3) is 1.92. The molecule has 4 aliphatic carbocycles. The van der Waals surface area contributed by atoms with Crippen molar-refractivity contribution in [1.29, 1.82) is 0 Å². The second-order valence-electron chi connectivity index (χ2n) is 6.88. The predicted molar refractivity (Wildman–Crippen MR) is 70.2 cm³/mol. The van der Waals surface area contributed by atoms with E-state index in [-0.39, 0.29) is 6.09 Å². The van der Waals surface area contributed by atoms with Crippen molar-refractivity contribution in [3.63, 3.8) is 0 Å². The van der Waals surface area contributed by atoms with Gasteiger partial charge < -0.3 is 10.1 Å². The summed E-state index contributed by atoms with van der Waals surface area (Å²) in [5.74, 6) is 2.80. The van der Waals surface area contributed by atoms with E-state index in [0.717, 1.165) is 24.2 Å². The zero-order valence-corrected chi connectivity index (χ0v) is 11.6. The summed E-state index contributed by atoms with van der Waals surface area (Å²) in [4.78, 5) is 11.5. The van der Waals surface area contributed by atoms with E-state index >= 15 is 0 Å². The highest BCUT2D eigenvalue weighted by atomic mass is 16.5. The summed E-state index contributed by atoms with van der Waals surface area (Å²) in [5, 5.41) is 3.11. The quantitative estimate of drug-likeness (QED) is 0.835. The van der Waals surface area contributed by atoms with E-state index in [1.54, 1.807) is 0 Å². The van der Waals surface area contributed by atoms with Crippen molar-refractivity contribution in [1.82, 2.24) is 5.32 Å². The fourth-order valence-electron chi connectivity index (χ4n) is 5.49. The number of carbonyl (C=O) groups excluding carboxylic acids is 1. The zero-order valence-electron chi connectivity index (χ0n) is 11.6. The Bertz CT molecular complexity index is 304. The van der Waals surface area contributed by atoms with Gasteiger partial charge in [0.05, 0.1) is 7.11 Å². The Hall–Kier alpha value is -0.730. The molecule has 18 heavy (non-hydrogen) atoms. The van der Waals surface area contributed by atoms with E-state index in [0.29, 0.717) is 11.5 Å². The molecule has 1 N–H and O–H groups in total. The second kappa shape index (κ2) is 4.43. The van der Waals surface area contributed by atoms with E-state index in [2.05, 4.69) is 12.2 Å². The van der Waals surface area contributed by atoms with Gasteiger partial charge in [0.1, 0.15) is 0 Å². The normalized spacial score (nSPS) is 42.7. The van der Waals surface area contributed by atoms with Crippen LogP contribution in [0.2, 0.25) is 0 Å². The second-order valence-corrected chi connectivity index (χ2v) is 6.88. The molecule has 4 bridgehead atoms. The third-order valence-electron chi connectivity index (χ3n) is 5.71. The minimum Gasteiger partial charge on any atom is -0.453 e. The van der Waals surface area contributed by atoms with Gasteiger partial charge in [-0.25, -0.2) is 4.79 Å². The van der Waals surface area contributed by atoms with Gasteiger partial charge in [0.25, 0.3) is 0 Å². The van der Waals surface area contributed by atoms with Crippen molar-refractivity contribution in [3.05, 3.63) is 0 Å². The first-order valence-electron chi connectivity index (χ1n) is 7.49. The van der Waals surface area contributed by atoms with E-state index in [4.69, 9.17) is 4.74 Å². The van der Waals surface area contributed by atoms with Crippen molar-refractivity contribution >= 4 is 6.09 Å². The number of carbonyl (C=O) groups is 1. The lowest BCUT2D eigenvalue weighted by atomic mass is 9.47. The van der Waals surface area contributed by atoms with Crippen LogP contribution in [0.5, 0.6) is 0 Å². The molecule has 0 radical (unpaired) electrons. The van der Waals surface area contributed by atoms with Gasteiger partial charge in [0, 0.05) is 6.04 Å². The topological polar surface area (TPSA) is 38.3 Å². The maximum Gasteiger partial charge on any atom is 0.407 e. The fraction of sp³-hybridized carbons (Fsp3) is 0.933. The molecule has 0 heterocycles. The molecular weight excluding hydrogens is 226 g/mol. The number of rotatable bonds is 3. The van der Waals surface area contributed by atoms with Crippen molar-refractivity contribution in [2.24, 2.45) is 23.2 Å². The van der Waals surface area contributed by atoms with Crippen LogP contribution in [0.15, 0.2) is 0 Å². The molecule has 0 aromatic rings. The molecule has 0 unspecified atom stereocenters. The number of amides is 1. The fourth-order valence-corrected chi connectivity index (χ4v) is 5.49. The number of nitrogens with one attached hydrogen (secondary N) is 1. The highest BCUT2D eigenvalue weighted by Gasteiger charge is 2.54. The van der Waals surface area contributed by atoms with E-state index < -0.39 is 0 Å². The van der Waals surface area contributed by atoms with Crippen LogP contribution in [0.4, 0.5) is 4.79 Å². The van der Waals surface area contributed by atoms with Crippen LogP contribution in [0.3, 0.4) is 0 Å². The Labute approximate surface area is 110 Å². The van der Waals surface area contributed by atoms with Gasteiger partial charge in [-0.1, -0.05) is 6.92 Å². The molecule has 3 nitrogen and oxygen atoms in total. The third-order valence-corrected chi connectivity index (χ3v) is 5.71. The maximum atomic E-state index is 11.5. The van der Waals surface area contributed by atoms with E-state index in [9.17, 15) is 4.79 Å². The lowest BCUT2D eigenvalue weighted by molar-refractivity contribution is -0.0733. The highest BCUT2D eigenvalue weighted by molar-refractivity contribution is 5.67. The summed E-state index contributed by atoms with van der Waals surface area (Å²) >= 11 is 0. The Kier molecular flexibility index (Phi) is 3.03. The van der Waals surface area contributed by atoms with Crippen LogP contribution in [0.25, 0.3) is 0 Å². The summed E-state index contributed by atoms with van der Waals surface area (Å²) < 4.78 is 4.80. The molecule has 4 fully saturated rings. The summed E-state index contributed by atoms with van der Waals surface area (Å²) in [6.07, 6.45) is 9.14. The Morgan fingerprint density at radius 1 is 1.22 bits per heavy atom. The van der Waals surface area contributed by atoms with Gasteiger partial charge >= 0.3 is 6.09 Å². The lowest BCUT2D eigenvalue weighted by Gasteiger charge is -2.59. The lowest BCUT2D eigenvalue weighted by Crippen LogP contribution is -2.56. The molecule has 0 aromatic carbocycles. The molecule has 3 heteroatoms. The Morgan fingerprint density at radius 3 is 2.11 bits per heavy atom. The van der Waals surface area contributed by atoms with Gasteiger partial charge in [-0.2, -0.15) is 0 Å². The number of methoxy groups -OCH3 is 1. The average Bonchev–Trinajstić information content (AvgIpc) is 2.33. The van der Waals surface area contributed by atoms with Crippen LogP contribution in [0, 0.1) is 23.2 Å². The molecule has 102 valence electrons. The van der Waals surface area contributed by atoms with Gasteiger partial charge in [0.15, 0.2) is 0 Å². The van der Waals surface area contributed by atoms with Crippen LogP contribution in [0.1, 0.15) is 51.9 Å². The Morgan fingerprint density at radius 2 is 1.72 bits per heavy atom. The summed E-state index contributed by atoms with van der Waals surface area (Å²) in [6.45, 7) is 2.19. The molecule has 0 aromatic heterocycles. The van der Waals surface area contributed by atoms with E-state index in [1.807, 2.05) is 0 Å². The molecule has 4 saturated carbocycles. The van der Waals surface area contributed by atoms with Gasteiger partial charge in [-0.05, 0) is 68.1 Å². The first-order chi connectivity index (χ1) is 8.65. The standard InChI is InChI=1S/C15H25NO2/c1-3-13(16-14(17)18-2)15-7-10-4-11(8-15)6-12(5-10)9-15/h10-13H,3-9H2,1-2H3,(H,16,17)/t10?,11?,12?,13-,15?/m0/s1. The van der Waals surface area contributed by atoms with Crippen LogP contribution < -0.4 is 5.32 Å². The van der Waals surface area contributed by atoms with Gasteiger partial charge in [-0.15, -0.1) is 0 Å². The van der Waals surface area contributed by atoms with Crippen molar-refractivity contribution in [2.45, 2.75) is 57.9 Å². The summed E-state index contributed by atoms with van der Waals surface area (Å²) in [6, 6.07) is 0.318. The van der Waals surface area contributed by atoms with Crippen molar-refractivity contribution in [3.8, 4) is 0 Å². The maximum absolute atomic E-state index is 11.5. The van der Waals surface area contributed by atoms with Gasteiger partial charge in [-0.3, -0.25) is 0 Å². The minimum absolute atomic E-state index is 0.252. The van der Waals surface area contributed by atoms with Crippen LogP contribution >= 0.6 is 0 Å². The number of hydrogen-bond donors (Lipinski definition) is 1.